The molecule has 84 valence electrons. The Morgan fingerprint density at radius 2 is 2.14 bits per heavy atom. The van der Waals surface area contributed by atoms with Crippen LogP contribution in [0.1, 0.15) is 6.92 Å². The number of methoxy groups -OCH3 is 2. The van der Waals surface area contributed by atoms with Crippen molar-refractivity contribution in [1.29, 1.82) is 0 Å². The summed E-state index contributed by atoms with van der Waals surface area (Å²) in [5, 5.41) is 2.93. The van der Waals surface area contributed by atoms with Gasteiger partial charge >= 0.3 is 5.97 Å². The molecule has 0 radical (unpaired) electrons. The molecule has 0 aromatic rings. The Bertz CT molecular complexity index is 152. The van der Waals surface area contributed by atoms with Gasteiger partial charge in [0.15, 0.2) is 0 Å². The zero-order valence-electron chi connectivity index (χ0n) is 9.04. The van der Waals surface area contributed by atoms with Crippen LogP contribution < -0.4 is 5.32 Å². The van der Waals surface area contributed by atoms with E-state index in [-0.39, 0.29) is 18.6 Å². The summed E-state index contributed by atoms with van der Waals surface area (Å²) in [7, 11) is 3.22. The van der Waals surface area contributed by atoms with Gasteiger partial charge < -0.3 is 19.5 Å². The van der Waals surface area contributed by atoms with Crippen molar-refractivity contribution in [2.75, 3.05) is 40.5 Å². The maximum absolute atomic E-state index is 10.9. The number of carbonyl (C=O) groups is 1. The molecule has 0 rings (SSSR count). The summed E-state index contributed by atoms with van der Waals surface area (Å²) >= 11 is 0. The molecule has 0 aromatic carbocycles. The van der Waals surface area contributed by atoms with Gasteiger partial charge in [-0.2, -0.15) is 0 Å². The molecule has 1 atom stereocenters. The number of esters is 1. The quantitative estimate of drug-likeness (QED) is 0.556. The summed E-state index contributed by atoms with van der Waals surface area (Å²) in [5.41, 5.74) is 0. The van der Waals surface area contributed by atoms with Crippen LogP contribution in [0.2, 0.25) is 0 Å². The first-order valence-corrected chi connectivity index (χ1v) is 4.62. The zero-order valence-corrected chi connectivity index (χ0v) is 9.04. The molecule has 0 fully saturated rings. The van der Waals surface area contributed by atoms with Gasteiger partial charge in [0, 0.05) is 20.8 Å². The normalized spacial score (nSPS) is 12.5. The fourth-order valence-electron chi connectivity index (χ4n) is 0.943. The highest BCUT2D eigenvalue weighted by Crippen LogP contribution is 1.88. The standard InChI is InChI=1S/C9H19NO4/c1-4-14-9(11)6-10-5-8(13-3)7-12-2/h8,10H,4-7H2,1-3H3. The molecule has 0 aliphatic heterocycles. The summed E-state index contributed by atoms with van der Waals surface area (Å²) < 4.78 is 14.8. The fourth-order valence-corrected chi connectivity index (χ4v) is 0.943. The molecule has 14 heavy (non-hydrogen) atoms. The van der Waals surface area contributed by atoms with Gasteiger partial charge in [-0.3, -0.25) is 4.79 Å². The lowest BCUT2D eigenvalue weighted by atomic mass is 10.3. The second-order valence-electron chi connectivity index (χ2n) is 2.75. The van der Waals surface area contributed by atoms with Gasteiger partial charge in [0.2, 0.25) is 0 Å². The van der Waals surface area contributed by atoms with Crippen LogP contribution >= 0.6 is 0 Å². The van der Waals surface area contributed by atoms with E-state index in [1.165, 1.54) is 0 Å². The Labute approximate surface area is 84.7 Å². The molecule has 0 aromatic heterocycles. The van der Waals surface area contributed by atoms with E-state index < -0.39 is 0 Å². The highest BCUT2D eigenvalue weighted by molar-refractivity contribution is 5.71. The van der Waals surface area contributed by atoms with Gasteiger partial charge in [0.1, 0.15) is 0 Å². The molecule has 0 saturated carbocycles. The molecule has 5 nitrogen and oxygen atoms in total. The molecule has 0 spiro atoms. The van der Waals surface area contributed by atoms with Crippen LogP contribution in [0, 0.1) is 0 Å². The van der Waals surface area contributed by atoms with Crippen LogP contribution in [0.5, 0.6) is 0 Å². The highest BCUT2D eigenvalue weighted by atomic mass is 16.5. The molecule has 0 heterocycles. The summed E-state index contributed by atoms with van der Waals surface area (Å²) in [5.74, 6) is -0.250. The minimum Gasteiger partial charge on any atom is -0.465 e. The monoisotopic (exact) mass is 205 g/mol. The zero-order chi connectivity index (χ0) is 10.8. The highest BCUT2D eigenvalue weighted by Gasteiger charge is 2.07. The smallest absolute Gasteiger partial charge is 0.319 e. The van der Waals surface area contributed by atoms with Crippen LogP contribution in [0.4, 0.5) is 0 Å². The third-order valence-electron chi connectivity index (χ3n) is 1.63. The summed E-state index contributed by atoms with van der Waals surface area (Å²) in [6.07, 6.45) is -0.0329. The summed E-state index contributed by atoms with van der Waals surface area (Å²) in [4.78, 5) is 10.9. The average Bonchev–Trinajstić information content (AvgIpc) is 2.17. The van der Waals surface area contributed by atoms with Gasteiger partial charge in [0.05, 0.1) is 25.9 Å². The van der Waals surface area contributed by atoms with Crippen LogP contribution in [0.15, 0.2) is 0 Å². The van der Waals surface area contributed by atoms with Gasteiger partial charge in [-0.15, -0.1) is 0 Å². The SMILES string of the molecule is CCOC(=O)CNCC(COC)OC. The minimum atomic E-state index is -0.250. The van der Waals surface area contributed by atoms with Gasteiger partial charge in [0.25, 0.3) is 0 Å². The second-order valence-corrected chi connectivity index (χ2v) is 2.75. The van der Waals surface area contributed by atoms with Crippen LogP contribution in [0.3, 0.4) is 0 Å². The maximum Gasteiger partial charge on any atom is 0.319 e. The van der Waals surface area contributed by atoms with E-state index >= 15 is 0 Å². The third-order valence-corrected chi connectivity index (χ3v) is 1.63. The molecule has 0 aliphatic rings. The largest absolute Gasteiger partial charge is 0.465 e. The van der Waals surface area contributed by atoms with Crippen molar-refractivity contribution in [2.24, 2.45) is 0 Å². The van der Waals surface area contributed by atoms with Crippen LogP contribution in [-0.2, 0) is 19.0 Å². The van der Waals surface area contributed by atoms with Crippen LogP contribution in [0.25, 0.3) is 0 Å². The molecule has 0 amide bonds. The van der Waals surface area contributed by atoms with E-state index in [4.69, 9.17) is 14.2 Å². The van der Waals surface area contributed by atoms with Gasteiger partial charge in [-0.25, -0.2) is 0 Å². The Hall–Kier alpha value is -0.650. The van der Waals surface area contributed by atoms with E-state index in [0.717, 1.165) is 0 Å². The Morgan fingerprint density at radius 3 is 2.64 bits per heavy atom. The maximum atomic E-state index is 10.9. The Morgan fingerprint density at radius 1 is 1.43 bits per heavy atom. The molecule has 0 saturated heterocycles. The molecular weight excluding hydrogens is 186 g/mol. The molecule has 5 heteroatoms. The van der Waals surface area contributed by atoms with E-state index in [0.29, 0.717) is 19.8 Å². The van der Waals surface area contributed by atoms with Crippen LogP contribution in [-0.4, -0.2) is 52.6 Å². The first-order valence-electron chi connectivity index (χ1n) is 4.62. The Balaban J connectivity index is 3.45. The predicted octanol–water partition coefficient (Wildman–Crippen LogP) is -0.199. The third kappa shape index (κ3) is 6.82. The van der Waals surface area contributed by atoms with Crippen molar-refractivity contribution in [1.82, 2.24) is 5.32 Å². The fraction of sp³-hybridized carbons (Fsp3) is 0.889. The molecule has 1 N–H and O–H groups in total. The van der Waals surface area contributed by atoms with Gasteiger partial charge in [-0.05, 0) is 6.92 Å². The lowest BCUT2D eigenvalue weighted by Gasteiger charge is -2.14. The summed E-state index contributed by atoms with van der Waals surface area (Å²) in [6, 6.07) is 0. The van der Waals surface area contributed by atoms with Crippen molar-refractivity contribution < 1.29 is 19.0 Å². The van der Waals surface area contributed by atoms with Crippen molar-refractivity contribution in [3.8, 4) is 0 Å². The first-order chi connectivity index (χ1) is 6.74. The lowest BCUT2D eigenvalue weighted by molar-refractivity contribution is -0.142. The average molecular weight is 205 g/mol. The van der Waals surface area contributed by atoms with Crippen molar-refractivity contribution in [3.63, 3.8) is 0 Å². The number of rotatable bonds is 8. The Kier molecular flexibility index (Phi) is 8.51. The van der Waals surface area contributed by atoms with Gasteiger partial charge in [-0.1, -0.05) is 0 Å². The van der Waals surface area contributed by atoms with E-state index in [1.54, 1.807) is 21.1 Å². The molecule has 0 bridgehead atoms. The minimum absolute atomic E-state index is 0.0329. The summed E-state index contributed by atoms with van der Waals surface area (Å²) in [6.45, 7) is 3.47. The van der Waals surface area contributed by atoms with E-state index in [2.05, 4.69) is 5.32 Å². The number of ether oxygens (including phenoxy) is 3. The van der Waals surface area contributed by atoms with Crippen molar-refractivity contribution in [3.05, 3.63) is 0 Å². The lowest BCUT2D eigenvalue weighted by Crippen LogP contribution is -2.35. The predicted molar refractivity (Wildman–Crippen MR) is 52.2 cm³/mol. The van der Waals surface area contributed by atoms with Crippen molar-refractivity contribution >= 4 is 5.97 Å². The number of nitrogens with one attached hydrogen (secondary N) is 1. The van der Waals surface area contributed by atoms with Crippen molar-refractivity contribution in [2.45, 2.75) is 13.0 Å². The number of hydrogen-bond donors (Lipinski definition) is 1. The second kappa shape index (κ2) is 8.93. The topological polar surface area (TPSA) is 56.8 Å². The molecule has 1 unspecified atom stereocenters. The van der Waals surface area contributed by atoms with E-state index in [1.807, 2.05) is 0 Å². The molecule has 0 aliphatic carbocycles. The molecular formula is C9H19NO4. The first kappa shape index (κ1) is 13.4. The number of hydrogen-bond acceptors (Lipinski definition) is 5. The number of carbonyl (C=O) groups excluding carboxylic acids is 1. The van der Waals surface area contributed by atoms with E-state index in [9.17, 15) is 4.79 Å².